The van der Waals surface area contributed by atoms with Crippen molar-refractivity contribution in [2.24, 2.45) is 0 Å². The first-order valence-electron chi connectivity index (χ1n) is 5.15. The van der Waals surface area contributed by atoms with E-state index >= 15 is 0 Å². The van der Waals surface area contributed by atoms with Crippen LogP contribution in [0.3, 0.4) is 0 Å². The molecule has 0 aromatic carbocycles. The highest BCUT2D eigenvalue weighted by atomic mass is 16.7. The summed E-state index contributed by atoms with van der Waals surface area (Å²) in [4.78, 5) is 0. The van der Waals surface area contributed by atoms with Crippen molar-refractivity contribution < 1.29 is 29.9 Å². The molecule has 1 fully saturated rings. The number of aliphatic hydroxyl groups is 4. The van der Waals surface area contributed by atoms with E-state index in [0.29, 0.717) is 0 Å². The van der Waals surface area contributed by atoms with Crippen LogP contribution in [0.25, 0.3) is 0 Å². The van der Waals surface area contributed by atoms with Crippen molar-refractivity contribution in [3.8, 4) is 0 Å². The van der Waals surface area contributed by atoms with Crippen molar-refractivity contribution in [3.05, 3.63) is 12.2 Å². The smallest absolute Gasteiger partial charge is 0.187 e. The van der Waals surface area contributed by atoms with Gasteiger partial charge in [-0.25, -0.2) is 0 Å². The molecule has 0 radical (unpaired) electrons. The molecular weight excluding hydrogens is 216 g/mol. The predicted octanol–water partition coefficient (Wildman–Crippen LogP) is -1.62. The van der Waals surface area contributed by atoms with Gasteiger partial charge in [0.05, 0.1) is 13.2 Å². The standard InChI is InChI=1S/C10H18O6/c1-2-3-4-15-10-8(14)7(13)9(16-10)6(12)5-11/h2-3,6-14H,4-5H2,1H3. The molecule has 6 nitrogen and oxygen atoms in total. The maximum Gasteiger partial charge on any atom is 0.187 e. The zero-order chi connectivity index (χ0) is 12.1. The quantitative estimate of drug-likeness (QED) is 0.427. The van der Waals surface area contributed by atoms with E-state index in [1.54, 1.807) is 12.2 Å². The fraction of sp³-hybridized carbons (Fsp3) is 0.800. The minimum absolute atomic E-state index is 0.243. The minimum atomic E-state index is -1.27. The van der Waals surface area contributed by atoms with Gasteiger partial charge in [0.2, 0.25) is 0 Å². The second kappa shape index (κ2) is 6.29. The first-order valence-corrected chi connectivity index (χ1v) is 5.15. The van der Waals surface area contributed by atoms with Crippen LogP contribution in [-0.2, 0) is 9.47 Å². The van der Waals surface area contributed by atoms with Crippen molar-refractivity contribution in [3.63, 3.8) is 0 Å². The van der Waals surface area contributed by atoms with E-state index in [-0.39, 0.29) is 6.61 Å². The first kappa shape index (κ1) is 13.6. The largest absolute Gasteiger partial charge is 0.394 e. The zero-order valence-corrected chi connectivity index (χ0v) is 9.06. The van der Waals surface area contributed by atoms with E-state index in [1.165, 1.54) is 0 Å². The molecule has 4 N–H and O–H groups in total. The van der Waals surface area contributed by atoms with Crippen molar-refractivity contribution in [1.29, 1.82) is 0 Å². The third-order valence-corrected chi connectivity index (χ3v) is 2.42. The van der Waals surface area contributed by atoms with Gasteiger partial charge in [0.15, 0.2) is 6.29 Å². The van der Waals surface area contributed by atoms with Crippen LogP contribution < -0.4 is 0 Å². The number of allylic oxidation sites excluding steroid dienone is 1. The SMILES string of the molecule is CC=CCOC1OC(C(O)CO)C(O)C1O. The Kier molecular flexibility index (Phi) is 5.33. The topological polar surface area (TPSA) is 99.4 Å². The summed E-state index contributed by atoms with van der Waals surface area (Å²) in [5.41, 5.74) is 0. The zero-order valence-electron chi connectivity index (χ0n) is 9.06. The van der Waals surface area contributed by atoms with Crippen LogP contribution >= 0.6 is 0 Å². The van der Waals surface area contributed by atoms with Gasteiger partial charge in [0.1, 0.15) is 24.4 Å². The highest BCUT2D eigenvalue weighted by Gasteiger charge is 2.46. The Hall–Kier alpha value is -0.500. The summed E-state index contributed by atoms with van der Waals surface area (Å²) < 4.78 is 10.3. The van der Waals surface area contributed by atoms with Gasteiger partial charge in [-0.3, -0.25) is 0 Å². The van der Waals surface area contributed by atoms with Crippen molar-refractivity contribution in [1.82, 2.24) is 0 Å². The highest BCUT2D eigenvalue weighted by Crippen LogP contribution is 2.24. The Morgan fingerprint density at radius 3 is 2.62 bits per heavy atom. The third kappa shape index (κ3) is 3.00. The fourth-order valence-electron chi connectivity index (χ4n) is 1.48. The molecule has 0 aromatic rings. The first-order chi connectivity index (χ1) is 7.61. The Labute approximate surface area is 93.7 Å². The lowest BCUT2D eigenvalue weighted by Gasteiger charge is -2.18. The van der Waals surface area contributed by atoms with E-state index in [9.17, 15) is 15.3 Å². The van der Waals surface area contributed by atoms with Crippen LogP contribution in [0.15, 0.2) is 12.2 Å². The summed E-state index contributed by atoms with van der Waals surface area (Å²) in [6.45, 7) is 1.52. The summed E-state index contributed by atoms with van der Waals surface area (Å²) in [7, 11) is 0. The molecular formula is C10H18O6. The minimum Gasteiger partial charge on any atom is -0.394 e. The molecule has 1 aliphatic heterocycles. The van der Waals surface area contributed by atoms with E-state index < -0.39 is 37.3 Å². The van der Waals surface area contributed by atoms with Gasteiger partial charge in [-0.05, 0) is 6.92 Å². The molecule has 5 atom stereocenters. The molecule has 6 heteroatoms. The molecule has 1 saturated heterocycles. The number of rotatable bonds is 5. The normalized spacial score (nSPS) is 37.1. The average Bonchev–Trinajstić information content (AvgIpc) is 2.57. The second-order valence-corrected chi connectivity index (χ2v) is 3.60. The molecule has 16 heavy (non-hydrogen) atoms. The number of hydrogen-bond acceptors (Lipinski definition) is 6. The van der Waals surface area contributed by atoms with Gasteiger partial charge < -0.3 is 29.9 Å². The van der Waals surface area contributed by atoms with Gasteiger partial charge in [-0.2, -0.15) is 0 Å². The van der Waals surface area contributed by atoms with Gasteiger partial charge in [0, 0.05) is 0 Å². The molecule has 0 saturated carbocycles. The molecule has 0 spiro atoms. The Morgan fingerprint density at radius 1 is 1.38 bits per heavy atom. The van der Waals surface area contributed by atoms with E-state index in [1.807, 2.05) is 6.92 Å². The Morgan fingerprint density at radius 2 is 2.06 bits per heavy atom. The van der Waals surface area contributed by atoms with Crippen molar-refractivity contribution in [2.45, 2.75) is 37.6 Å². The molecule has 1 aliphatic rings. The van der Waals surface area contributed by atoms with Crippen LogP contribution in [-0.4, -0.2) is 64.3 Å². The van der Waals surface area contributed by atoms with Gasteiger partial charge in [0.25, 0.3) is 0 Å². The number of ether oxygens (including phenoxy) is 2. The Bertz CT molecular complexity index is 231. The van der Waals surface area contributed by atoms with Crippen molar-refractivity contribution in [2.75, 3.05) is 13.2 Å². The summed E-state index contributed by atoms with van der Waals surface area (Å²) >= 11 is 0. The fourth-order valence-corrected chi connectivity index (χ4v) is 1.48. The summed E-state index contributed by atoms with van der Waals surface area (Å²) in [5.74, 6) is 0. The monoisotopic (exact) mass is 234 g/mol. The number of aliphatic hydroxyl groups excluding tert-OH is 4. The maximum atomic E-state index is 9.55. The Balaban J connectivity index is 2.50. The third-order valence-electron chi connectivity index (χ3n) is 2.42. The summed E-state index contributed by atoms with van der Waals surface area (Å²) in [5, 5.41) is 37.1. The maximum absolute atomic E-state index is 9.55. The van der Waals surface area contributed by atoms with Gasteiger partial charge in [-0.15, -0.1) is 0 Å². The lowest BCUT2D eigenvalue weighted by Crippen LogP contribution is -2.40. The lowest BCUT2D eigenvalue weighted by molar-refractivity contribution is -0.175. The van der Waals surface area contributed by atoms with E-state index in [2.05, 4.69) is 0 Å². The van der Waals surface area contributed by atoms with Crippen LogP contribution in [0.2, 0.25) is 0 Å². The molecule has 1 rings (SSSR count). The summed E-state index contributed by atoms with van der Waals surface area (Å²) in [6, 6.07) is 0. The second-order valence-electron chi connectivity index (χ2n) is 3.60. The summed E-state index contributed by atoms with van der Waals surface area (Å²) in [6.07, 6.45) is -2.25. The molecule has 1 heterocycles. The number of hydrogen-bond donors (Lipinski definition) is 4. The molecule has 0 aromatic heterocycles. The van der Waals surface area contributed by atoms with Crippen LogP contribution in [0, 0.1) is 0 Å². The van der Waals surface area contributed by atoms with E-state index in [4.69, 9.17) is 14.6 Å². The highest BCUT2D eigenvalue weighted by molar-refractivity contribution is 4.91. The van der Waals surface area contributed by atoms with Gasteiger partial charge >= 0.3 is 0 Å². The van der Waals surface area contributed by atoms with E-state index in [0.717, 1.165) is 0 Å². The molecule has 94 valence electrons. The van der Waals surface area contributed by atoms with Crippen LogP contribution in [0.1, 0.15) is 6.92 Å². The van der Waals surface area contributed by atoms with Gasteiger partial charge in [-0.1, -0.05) is 12.2 Å². The average molecular weight is 234 g/mol. The molecule has 0 amide bonds. The predicted molar refractivity (Wildman–Crippen MR) is 54.5 cm³/mol. The molecule has 5 unspecified atom stereocenters. The van der Waals surface area contributed by atoms with Crippen LogP contribution in [0.5, 0.6) is 0 Å². The van der Waals surface area contributed by atoms with Crippen molar-refractivity contribution >= 4 is 0 Å². The molecule has 0 bridgehead atoms. The van der Waals surface area contributed by atoms with Crippen LogP contribution in [0.4, 0.5) is 0 Å². The molecule has 0 aliphatic carbocycles. The lowest BCUT2D eigenvalue weighted by atomic mass is 10.1.